The van der Waals surface area contributed by atoms with E-state index in [4.69, 9.17) is 4.74 Å². The van der Waals surface area contributed by atoms with Crippen LogP contribution in [0.25, 0.3) is 11.4 Å². The zero-order valence-electron chi connectivity index (χ0n) is 16.4. The lowest BCUT2D eigenvalue weighted by Gasteiger charge is -2.30. The third kappa shape index (κ3) is 4.36. The van der Waals surface area contributed by atoms with E-state index >= 15 is 0 Å². The molecule has 1 saturated heterocycles. The molecule has 1 aliphatic heterocycles. The number of hydrogen-bond acceptors (Lipinski definition) is 5. The number of rotatable bonds is 6. The Bertz CT molecular complexity index is 940. The van der Waals surface area contributed by atoms with Crippen LogP contribution in [0.5, 0.6) is 0 Å². The van der Waals surface area contributed by atoms with Gasteiger partial charge in [0, 0.05) is 25.2 Å². The van der Waals surface area contributed by atoms with Crippen LogP contribution in [0.15, 0.2) is 65.8 Å². The SMILES string of the molecule is CCn1c(SC(C(=O)N2CCOCC2)c2ccccc2)nnc1-c1ccccc1. The summed E-state index contributed by atoms with van der Waals surface area (Å²) in [6, 6.07) is 19.9. The van der Waals surface area contributed by atoms with Crippen molar-refractivity contribution >= 4 is 17.7 Å². The van der Waals surface area contributed by atoms with E-state index in [0.29, 0.717) is 26.3 Å². The van der Waals surface area contributed by atoms with Crippen molar-refractivity contribution in [2.24, 2.45) is 0 Å². The van der Waals surface area contributed by atoms with Crippen LogP contribution in [0.3, 0.4) is 0 Å². The highest BCUT2D eigenvalue weighted by molar-refractivity contribution is 8.00. The number of morpholine rings is 1. The molecule has 6 nitrogen and oxygen atoms in total. The van der Waals surface area contributed by atoms with Gasteiger partial charge in [0.15, 0.2) is 11.0 Å². The molecule has 1 aliphatic rings. The minimum absolute atomic E-state index is 0.0939. The second-order valence-electron chi connectivity index (χ2n) is 6.76. The Morgan fingerprint density at radius 2 is 1.69 bits per heavy atom. The van der Waals surface area contributed by atoms with Gasteiger partial charge in [-0.3, -0.25) is 4.79 Å². The molecule has 3 aromatic rings. The maximum absolute atomic E-state index is 13.4. The molecule has 1 amide bonds. The molecule has 2 aromatic carbocycles. The summed E-state index contributed by atoms with van der Waals surface area (Å²) in [5.41, 5.74) is 1.99. The minimum atomic E-state index is -0.368. The molecule has 1 atom stereocenters. The van der Waals surface area contributed by atoms with E-state index in [2.05, 4.69) is 21.7 Å². The van der Waals surface area contributed by atoms with Crippen molar-refractivity contribution in [2.75, 3.05) is 26.3 Å². The molecule has 29 heavy (non-hydrogen) atoms. The number of amides is 1. The second-order valence-corrected chi connectivity index (χ2v) is 7.83. The van der Waals surface area contributed by atoms with Gasteiger partial charge in [0.2, 0.25) is 5.91 Å². The van der Waals surface area contributed by atoms with Crippen LogP contribution in [-0.4, -0.2) is 51.9 Å². The number of ether oxygens (including phenoxy) is 1. The summed E-state index contributed by atoms with van der Waals surface area (Å²) in [5, 5.41) is 9.24. The van der Waals surface area contributed by atoms with Gasteiger partial charge in [0.1, 0.15) is 5.25 Å². The zero-order chi connectivity index (χ0) is 20.1. The topological polar surface area (TPSA) is 60.2 Å². The maximum atomic E-state index is 13.4. The second kappa shape index (κ2) is 9.24. The number of aromatic nitrogens is 3. The molecule has 1 fully saturated rings. The van der Waals surface area contributed by atoms with Crippen LogP contribution in [0.4, 0.5) is 0 Å². The van der Waals surface area contributed by atoms with Gasteiger partial charge in [-0.25, -0.2) is 0 Å². The number of nitrogens with zero attached hydrogens (tertiary/aromatic N) is 4. The quantitative estimate of drug-likeness (QED) is 0.583. The normalized spacial score (nSPS) is 15.3. The van der Waals surface area contributed by atoms with Crippen molar-refractivity contribution in [1.82, 2.24) is 19.7 Å². The first-order valence-electron chi connectivity index (χ1n) is 9.84. The molecule has 7 heteroatoms. The first kappa shape index (κ1) is 19.7. The van der Waals surface area contributed by atoms with E-state index in [1.165, 1.54) is 11.8 Å². The fourth-order valence-corrected chi connectivity index (χ4v) is 4.59. The summed E-state index contributed by atoms with van der Waals surface area (Å²) >= 11 is 1.47. The molecule has 0 spiro atoms. The van der Waals surface area contributed by atoms with E-state index in [1.807, 2.05) is 65.6 Å². The van der Waals surface area contributed by atoms with E-state index in [0.717, 1.165) is 28.7 Å². The number of thioether (sulfide) groups is 1. The number of carbonyl (C=O) groups is 1. The molecule has 1 unspecified atom stereocenters. The maximum Gasteiger partial charge on any atom is 0.240 e. The fourth-order valence-electron chi connectivity index (χ4n) is 3.41. The van der Waals surface area contributed by atoms with Gasteiger partial charge in [0.25, 0.3) is 0 Å². The van der Waals surface area contributed by atoms with E-state index < -0.39 is 0 Å². The Morgan fingerprint density at radius 1 is 1.03 bits per heavy atom. The summed E-state index contributed by atoms with van der Waals surface area (Å²) in [4.78, 5) is 15.3. The van der Waals surface area contributed by atoms with Gasteiger partial charge in [-0.15, -0.1) is 10.2 Å². The minimum Gasteiger partial charge on any atom is -0.378 e. The zero-order valence-corrected chi connectivity index (χ0v) is 17.2. The van der Waals surface area contributed by atoms with Crippen LogP contribution in [-0.2, 0) is 16.1 Å². The van der Waals surface area contributed by atoms with E-state index in [1.54, 1.807) is 0 Å². The molecule has 0 saturated carbocycles. The largest absolute Gasteiger partial charge is 0.378 e. The first-order valence-corrected chi connectivity index (χ1v) is 10.7. The smallest absolute Gasteiger partial charge is 0.240 e. The lowest BCUT2D eigenvalue weighted by atomic mass is 10.1. The van der Waals surface area contributed by atoms with E-state index in [9.17, 15) is 4.79 Å². The highest BCUT2D eigenvalue weighted by Crippen LogP contribution is 2.37. The lowest BCUT2D eigenvalue weighted by Crippen LogP contribution is -2.42. The molecule has 1 aromatic heterocycles. The lowest BCUT2D eigenvalue weighted by molar-refractivity contribution is -0.134. The van der Waals surface area contributed by atoms with Crippen molar-refractivity contribution < 1.29 is 9.53 Å². The first-order chi connectivity index (χ1) is 14.3. The molecule has 0 aliphatic carbocycles. The summed E-state index contributed by atoms with van der Waals surface area (Å²) in [6.07, 6.45) is 0. The van der Waals surface area contributed by atoms with Crippen LogP contribution in [0.1, 0.15) is 17.7 Å². The summed E-state index contributed by atoms with van der Waals surface area (Å²) in [7, 11) is 0. The third-order valence-corrected chi connectivity index (χ3v) is 6.16. The van der Waals surface area contributed by atoms with Gasteiger partial charge < -0.3 is 14.2 Å². The molecule has 0 radical (unpaired) electrons. The van der Waals surface area contributed by atoms with Gasteiger partial charge in [-0.1, -0.05) is 72.4 Å². The monoisotopic (exact) mass is 408 g/mol. The molecule has 150 valence electrons. The summed E-state index contributed by atoms with van der Waals surface area (Å²) in [5.74, 6) is 0.914. The third-order valence-electron chi connectivity index (χ3n) is 4.94. The fraction of sp³-hybridized carbons (Fsp3) is 0.318. The van der Waals surface area contributed by atoms with Crippen LogP contribution in [0.2, 0.25) is 0 Å². The Balaban J connectivity index is 1.66. The van der Waals surface area contributed by atoms with Gasteiger partial charge >= 0.3 is 0 Å². The highest BCUT2D eigenvalue weighted by atomic mass is 32.2. The molecule has 4 rings (SSSR count). The Hall–Kier alpha value is -2.64. The Morgan fingerprint density at radius 3 is 2.34 bits per heavy atom. The number of benzene rings is 2. The average molecular weight is 409 g/mol. The molecular formula is C22H24N4O2S. The van der Waals surface area contributed by atoms with E-state index in [-0.39, 0.29) is 11.2 Å². The predicted octanol–water partition coefficient (Wildman–Crippen LogP) is 3.66. The summed E-state index contributed by atoms with van der Waals surface area (Å²) in [6.45, 7) is 5.22. The predicted molar refractivity (Wildman–Crippen MR) is 114 cm³/mol. The standard InChI is InChI=1S/C22H24N4O2S/c1-2-26-20(18-11-7-4-8-12-18)23-24-22(26)29-19(17-9-5-3-6-10-17)21(27)25-13-15-28-16-14-25/h3-12,19H,2,13-16H2,1H3. The van der Waals surface area contributed by atoms with Crippen molar-refractivity contribution in [2.45, 2.75) is 23.9 Å². The Labute approximate surface area is 174 Å². The van der Waals surface area contributed by atoms with Gasteiger partial charge in [-0.05, 0) is 12.5 Å². The number of carbonyl (C=O) groups excluding carboxylic acids is 1. The van der Waals surface area contributed by atoms with Gasteiger partial charge in [0.05, 0.1) is 13.2 Å². The van der Waals surface area contributed by atoms with Crippen molar-refractivity contribution in [3.8, 4) is 11.4 Å². The average Bonchev–Trinajstić information content (AvgIpc) is 3.21. The molecule has 0 bridgehead atoms. The van der Waals surface area contributed by atoms with Crippen LogP contribution in [0, 0.1) is 0 Å². The number of hydrogen-bond donors (Lipinski definition) is 0. The Kier molecular flexibility index (Phi) is 6.27. The van der Waals surface area contributed by atoms with Crippen molar-refractivity contribution in [3.63, 3.8) is 0 Å². The van der Waals surface area contributed by atoms with Crippen molar-refractivity contribution in [1.29, 1.82) is 0 Å². The van der Waals surface area contributed by atoms with Crippen LogP contribution < -0.4 is 0 Å². The summed E-state index contributed by atoms with van der Waals surface area (Å²) < 4.78 is 7.49. The van der Waals surface area contributed by atoms with Gasteiger partial charge in [-0.2, -0.15) is 0 Å². The van der Waals surface area contributed by atoms with Crippen molar-refractivity contribution in [3.05, 3.63) is 66.2 Å². The highest BCUT2D eigenvalue weighted by Gasteiger charge is 2.30. The molecule has 0 N–H and O–H groups in total. The van der Waals surface area contributed by atoms with Crippen LogP contribution >= 0.6 is 11.8 Å². The molecular weight excluding hydrogens is 384 g/mol. The molecule has 2 heterocycles.